The standard InChI is InChI=1S/C11H20N2O2/c1-9(2)13(8-11(3,4)14)7-10-5-6-15-12-10/h5-6,9,14H,7-8H2,1-4H3. The number of nitrogens with zero attached hydrogens (tertiary/aromatic N) is 2. The van der Waals surface area contributed by atoms with Crippen molar-refractivity contribution in [3.63, 3.8) is 0 Å². The van der Waals surface area contributed by atoms with Crippen molar-refractivity contribution in [2.45, 2.75) is 45.9 Å². The van der Waals surface area contributed by atoms with Crippen molar-refractivity contribution in [1.29, 1.82) is 0 Å². The first kappa shape index (κ1) is 12.2. The first-order valence-electron chi connectivity index (χ1n) is 5.24. The number of hydrogen-bond acceptors (Lipinski definition) is 4. The molecule has 4 nitrogen and oxygen atoms in total. The Bertz CT molecular complexity index is 275. The Balaban J connectivity index is 2.59. The number of aliphatic hydroxyl groups is 1. The molecule has 0 aliphatic rings. The van der Waals surface area contributed by atoms with Crippen molar-refractivity contribution < 1.29 is 9.63 Å². The largest absolute Gasteiger partial charge is 0.389 e. The molecule has 0 saturated carbocycles. The highest BCUT2D eigenvalue weighted by molar-refractivity contribution is 4.95. The van der Waals surface area contributed by atoms with E-state index in [9.17, 15) is 5.11 Å². The van der Waals surface area contributed by atoms with Gasteiger partial charge in [0, 0.05) is 25.2 Å². The van der Waals surface area contributed by atoms with Gasteiger partial charge in [0.15, 0.2) is 0 Å². The van der Waals surface area contributed by atoms with Gasteiger partial charge in [-0.05, 0) is 27.7 Å². The zero-order valence-electron chi connectivity index (χ0n) is 9.90. The summed E-state index contributed by atoms with van der Waals surface area (Å²) in [5.41, 5.74) is 0.210. The number of rotatable bonds is 5. The second-order valence-corrected chi connectivity index (χ2v) is 4.80. The van der Waals surface area contributed by atoms with Crippen LogP contribution in [0.3, 0.4) is 0 Å². The summed E-state index contributed by atoms with van der Waals surface area (Å²) in [5, 5.41) is 13.7. The van der Waals surface area contributed by atoms with Crippen LogP contribution < -0.4 is 0 Å². The van der Waals surface area contributed by atoms with E-state index in [0.717, 1.165) is 5.69 Å². The average Bonchev–Trinajstić information content (AvgIpc) is 2.52. The summed E-state index contributed by atoms with van der Waals surface area (Å²) in [6.45, 7) is 9.16. The SMILES string of the molecule is CC(C)N(Cc1ccon1)CC(C)(C)O. The van der Waals surface area contributed by atoms with Crippen molar-refractivity contribution in [2.75, 3.05) is 6.54 Å². The van der Waals surface area contributed by atoms with E-state index in [0.29, 0.717) is 19.1 Å². The first-order chi connectivity index (χ1) is 6.88. The lowest BCUT2D eigenvalue weighted by Crippen LogP contribution is -2.41. The molecule has 0 saturated heterocycles. The Morgan fingerprint density at radius 3 is 2.60 bits per heavy atom. The van der Waals surface area contributed by atoms with Crippen LogP contribution in [-0.2, 0) is 6.54 Å². The van der Waals surface area contributed by atoms with Crippen molar-refractivity contribution in [1.82, 2.24) is 10.1 Å². The molecular formula is C11H20N2O2. The molecule has 4 heteroatoms. The second kappa shape index (κ2) is 4.77. The van der Waals surface area contributed by atoms with E-state index in [2.05, 4.69) is 23.9 Å². The summed E-state index contributed by atoms with van der Waals surface area (Å²) >= 11 is 0. The Morgan fingerprint density at radius 1 is 1.53 bits per heavy atom. The fourth-order valence-electron chi connectivity index (χ4n) is 1.45. The van der Waals surface area contributed by atoms with Gasteiger partial charge < -0.3 is 9.63 Å². The van der Waals surface area contributed by atoms with E-state index in [1.54, 1.807) is 6.26 Å². The average molecular weight is 212 g/mol. The summed E-state index contributed by atoms with van der Waals surface area (Å²) < 4.78 is 4.79. The zero-order chi connectivity index (χ0) is 11.5. The van der Waals surface area contributed by atoms with Crippen LogP contribution in [0.5, 0.6) is 0 Å². The van der Waals surface area contributed by atoms with E-state index < -0.39 is 5.60 Å². The monoisotopic (exact) mass is 212 g/mol. The molecule has 0 spiro atoms. The molecule has 86 valence electrons. The van der Waals surface area contributed by atoms with E-state index in [1.807, 2.05) is 19.9 Å². The molecule has 0 amide bonds. The first-order valence-corrected chi connectivity index (χ1v) is 5.24. The molecule has 0 atom stereocenters. The van der Waals surface area contributed by atoms with Gasteiger partial charge in [-0.25, -0.2) is 0 Å². The van der Waals surface area contributed by atoms with Gasteiger partial charge in [-0.15, -0.1) is 0 Å². The van der Waals surface area contributed by atoms with Crippen molar-refractivity contribution in [3.05, 3.63) is 18.0 Å². The summed E-state index contributed by atoms with van der Waals surface area (Å²) in [6, 6.07) is 2.22. The van der Waals surface area contributed by atoms with Crippen molar-refractivity contribution >= 4 is 0 Å². The molecule has 1 rings (SSSR count). The van der Waals surface area contributed by atoms with Crippen LogP contribution in [-0.4, -0.2) is 33.4 Å². The van der Waals surface area contributed by atoms with E-state index in [1.165, 1.54) is 0 Å². The molecule has 0 aliphatic heterocycles. The number of aromatic nitrogens is 1. The van der Waals surface area contributed by atoms with Gasteiger partial charge in [0.05, 0.1) is 11.3 Å². The second-order valence-electron chi connectivity index (χ2n) is 4.80. The van der Waals surface area contributed by atoms with Crippen LogP contribution in [0.4, 0.5) is 0 Å². The van der Waals surface area contributed by atoms with Gasteiger partial charge in [-0.1, -0.05) is 5.16 Å². The Labute approximate surface area is 90.9 Å². The molecule has 1 aromatic rings. The molecule has 0 aromatic carbocycles. The maximum Gasteiger partial charge on any atom is 0.124 e. The minimum Gasteiger partial charge on any atom is -0.389 e. The predicted molar refractivity (Wildman–Crippen MR) is 58.3 cm³/mol. The minimum atomic E-state index is -0.687. The van der Waals surface area contributed by atoms with Crippen molar-refractivity contribution in [2.24, 2.45) is 0 Å². The molecule has 1 aromatic heterocycles. The molecule has 1 N–H and O–H groups in total. The van der Waals surface area contributed by atoms with Gasteiger partial charge in [-0.3, -0.25) is 4.90 Å². The normalized spacial score (nSPS) is 12.7. The van der Waals surface area contributed by atoms with Gasteiger partial charge in [0.1, 0.15) is 6.26 Å². The third-order valence-electron chi connectivity index (χ3n) is 2.18. The quantitative estimate of drug-likeness (QED) is 0.806. The van der Waals surface area contributed by atoms with E-state index >= 15 is 0 Å². The Kier molecular flexibility index (Phi) is 3.88. The highest BCUT2D eigenvalue weighted by atomic mass is 16.5. The summed E-state index contributed by atoms with van der Waals surface area (Å²) in [6.07, 6.45) is 1.57. The summed E-state index contributed by atoms with van der Waals surface area (Å²) in [5.74, 6) is 0. The maximum absolute atomic E-state index is 9.78. The molecular weight excluding hydrogens is 192 g/mol. The zero-order valence-corrected chi connectivity index (χ0v) is 9.90. The maximum atomic E-state index is 9.78. The highest BCUT2D eigenvalue weighted by Gasteiger charge is 2.21. The molecule has 0 radical (unpaired) electrons. The lowest BCUT2D eigenvalue weighted by atomic mass is 10.1. The fraction of sp³-hybridized carbons (Fsp3) is 0.727. The molecule has 15 heavy (non-hydrogen) atoms. The predicted octanol–water partition coefficient (Wildman–Crippen LogP) is 1.66. The fourth-order valence-corrected chi connectivity index (χ4v) is 1.45. The van der Waals surface area contributed by atoms with Crippen LogP contribution in [0, 0.1) is 0 Å². The van der Waals surface area contributed by atoms with Crippen LogP contribution in [0.25, 0.3) is 0 Å². The third kappa shape index (κ3) is 4.44. The Morgan fingerprint density at radius 2 is 2.20 bits per heavy atom. The number of hydrogen-bond donors (Lipinski definition) is 1. The van der Waals surface area contributed by atoms with Gasteiger partial charge in [0.25, 0.3) is 0 Å². The van der Waals surface area contributed by atoms with Crippen LogP contribution >= 0.6 is 0 Å². The van der Waals surface area contributed by atoms with E-state index in [-0.39, 0.29) is 0 Å². The van der Waals surface area contributed by atoms with E-state index in [4.69, 9.17) is 4.52 Å². The molecule has 0 fully saturated rings. The molecule has 0 unspecified atom stereocenters. The molecule has 0 bridgehead atoms. The lowest BCUT2D eigenvalue weighted by Gasteiger charge is -2.31. The third-order valence-corrected chi connectivity index (χ3v) is 2.18. The topological polar surface area (TPSA) is 49.5 Å². The van der Waals surface area contributed by atoms with Gasteiger partial charge in [0.2, 0.25) is 0 Å². The van der Waals surface area contributed by atoms with Crippen LogP contribution in [0.2, 0.25) is 0 Å². The minimum absolute atomic E-state index is 0.369. The summed E-state index contributed by atoms with van der Waals surface area (Å²) in [4.78, 5) is 2.16. The van der Waals surface area contributed by atoms with Crippen LogP contribution in [0.1, 0.15) is 33.4 Å². The van der Waals surface area contributed by atoms with Crippen molar-refractivity contribution in [3.8, 4) is 0 Å². The lowest BCUT2D eigenvalue weighted by molar-refractivity contribution is 0.0217. The van der Waals surface area contributed by atoms with Gasteiger partial charge in [-0.2, -0.15) is 0 Å². The Hall–Kier alpha value is -0.870. The highest BCUT2D eigenvalue weighted by Crippen LogP contribution is 2.11. The molecule has 0 aliphatic carbocycles. The smallest absolute Gasteiger partial charge is 0.124 e. The molecule has 1 heterocycles. The van der Waals surface area contributed by atoms with Gasteiger partial charge >= 0.3 is 0 Å². The summed E-state index contributed by atoms with van der Waals surface area (Å²) in [7, 11) is 0. The van der Waals surface area contributed by atoms with Crippen LogP contribution in [0.15, 0.2) is 16.9 Å².